The van der Waals surface area contributed by atoms with E-state index in [1.807, 2.05) is 32.9 Å². The molecule has 0 aliphatic heterocycles. The molecule has 0 saturated heterocycles. The van der Waals surface area contributed by atoms with Crippen molar-refractivity contribution in [1.82, 2.24) is 0 Å². The second-order valence-electron chi connectivity index (χ2n) is 4.72. The summed E-state index contributed by atoms with van der Waals surface area (Å²) in [5.41, 5.74) is 2.39. The number of aryl methyl sites for hydroxylation is 2. The van der Waals surface area contributed by atoms with Crippen LogP contribution in [0.1, 0.15) is 31.4 Å². The van der Waals surface area contributed by atoms with E-state index in [0.29, 0.717) is 18.9 Å². The first kappa shape index (κ1) is 13.0. The molecule has 1 aromatic carbocycles. The number of hydrogen-bond acceptors (Lipinski definition) is 2. The summed E-state index contributed by atoms with van der Waals surface area (Å²) >= 11 is 0. The van der Waals surface area contributed by atoms with E-state index >= 15 is 0 Å². The number of benzene rings is 1. The molecule has 2 nitrogen and oxygen atoms in total. The fraction of sp³-hybridized carbons (Fsp3) is 0.571. The largest absolute Gasteiger partial charge is 0.493 e. The third-order valence-electron chi connectivity index (χ3n) is 2.77. The zero-order valence-electron chi connectivity index (χ0n) is 10.7. The van der Waals surface area contributed by atoms with Gasteiger partial charge in [0.05, 0.1) is 12.7 Å². The van der Waals surface area contributed by atoms with Crippen LogP contribution in [0.2, 0.25) is 0 Å². The Hall–Kier alpha value is -1.02. The molecule has 2 heteroatoms. The van der Waals surface area contributed by atoms with E-state index in [-0.39, 0.29) is 6.10 Å². The SMILES string of the molecule is Cc1ccc(OCCC(O)C(C)C)c(C)c1. The Bertz CT molecular complexity index is 332. The highest BCUT2D eigenvalue weighted by Gasteiger charge is 2.09. The van der Waals surface area contributed by atoms with Gasteiger partial charge < -0.3 is 9.84 Å². The van der Waals surface area contributed by atoms with Crippen LogP contribution in [-0.2, 0) is 0 Å². The molecule has 0 spiro atoms. The standard InChI is InChI=1S/C14H22O2/c1-10(2)13(15)7-8-16-14-6-5-11(3)9-12(14)4/h5-6,9-10,13,15H,7-8H2,1-4H3. The van der Waals surface area contributed by atoms with Crippen LogP contribution in [-0.4, -0.2) is 17.8 Å². The van der Waals surface area contributed by atoms with E-state index in [4.69, 9.17) is 4.74 Å². The van der Waals surface area contributed by atoms with Gasteiger partial charge in [-0.2, -0.15) is 0 Å². The van der Waals surface area contributed by atoms with Crippen molar-refractivity contribution < 1.29 is 9.84 Å². The molecule has 90 valence electrons. The van der Waals surface area contributed by atoms with Gasteiger partial charge in [-0.05, 0) is 31.4 Å². The molecule has 0 bridgehead atoms. The highest BCUT2D eigenvalue weighted by atomic mass is 16.5. The van der Waals surface area contributed by atoms with Gasteiger partial charge in [-0.3, -0.25) is 0 Å². The van der Waals surface area contributed by atoms with E-state index in [1.54, 1.807) is 0 Å². The van der Waals surface area contributed by atoms with E-state index in [9.17, 15) is 5.11 Å². The van der Waals surface area contributed by atoms with Gasteiger partial charge in [0.15, 0.2) is 0 Å². The Morgan fingerprint density at radius 1 is 1.25 bits per heavy atom. The highest BCUT2D eigenvalue weighted by Crippen LogP contribution is 2.19. The van der Waals surface area contributed by atoms with E-state index < -0.39 is 0 Å². The van der Waals surface area contributed by atoms with E-state index in [1.165, 1.54) is 5.56 Å². The molecule has 0 amide bonds. The Balaban J connectivity index is 2.43. The first-order chi connectivity index (χ1) is 7.50. The summed E-state index contributed by atoms with van der Waals surface area (Å²) in [4.78, 5) is 0. The number of aliphatic hydroxyl groups excluding tert-OH is 1. The summed E-state index contributed by atoms with van der Waals surface area (Å²) in [5, 5.41) is 9.64. The lowest BCUT2D eigenvalue weighted by Crippen LogP contribution is -2.18. The van der Waals surface area contributed by atoms with Crippen molar-refractivity contribution in [3.63, 3.8) is 0 Å². The van der Waals surface area contributed by atoms with E-state index in [0.717, 1.165) is 11.3 Å². The molecule has 0 aliphatic carbocycles. The normalized spacial score (nSPS) is 12.9. The first-order valence-electron chi connectivity index (χ1n) is 5.89. The van der Waals surface area contributed by atoms with Crippen LogP contribution < -0.4 is 4.74 Å². The number of hydrogen-bond donors (Lipinski definition) is 1. The van der Waals surface area contributed by atoms with Gasteiger partial charge in [-0.25, -0.2) is 0 Å². The zero-order valence-corrected chi connectivity index (χ0v) is 10.7. The van der Waals surface area contributed by atoms with Crippen LogP contribution in [0.25, 0.3) is 0 Å². The third-order valence-corrected chi connectivity index (χ3v) is 2.77. The monoisotopic (exact) mass is 222 g/mol. The molecule has 1 unspecified atom stereocenters. The van der Waals surface area contributed by atoms with Gasteiger partial charge in [-0.15, -0.1) is 0 Å². The van der Waals surface area contributed by atoms with Gasteiger partial charge in [0, 0.05) is 6.42 Å². The lowest BCUT2D eigenvalue weighted by Gasteiger charge is -2.15. The predicted molar refractivity (Wildman–Crippen MR) is 66.9 cm³/mol. The van der Waals surface area contributed by atoms with Crippen LogP contribution in [0.4, 0.5) is 0 Å². The molecule has 1 rings (SSSR count). The summed E-state index contributed by atoms with van der Waals surface area (Å²) < 4.78 is 5.65. The fourth-order valence-electron chi connectivity index (χ4n) is 1.58. The van der Waals surface area contributed by atoms with Crippen molar-refractivity contribution >= 4 is 0 Å². The quantitative estimate of drug-likeness (QED) is 0.829. The number of ether oxygens (including phenoxy) is 1. The summed E-state index contributed by atoms with van der Waals surface area (Å²) in [6.07, 6.45) is 0.413. The number of aliphatic hydroxyl groups is 1. The lowest BCUT2D eigenvalue weighted by molar-refractivity contribution is 0.0975. The second-order valence-corrected chi connectivity index (χ2v) is 4.72. The molecule has 16 heavy (non-hydrogen) atoms. The Kier molecular flexibility index (Phi) is 4.81. The van der Waals surface area contributed by atoms with E-state index in [2.05, 4.69) is 13.0 Å². The Labute approximate surface area is 98.3 Å². The van der Waals surface area contributed by atoms with Crippen LogP contribution in [0.3, 0.4) is 0 Å². The van der Waals surface area contributed by atoms with Crippen molar-refractivity contribution in [1.29, 1.82) is 0 Å². The van der Waals surface area contributed by atoms with Crippen molar-refractivity contribution in [3.8, 4) is 5.75 Å². The summed E-state index contributed by atoms with van der Waals surface area (Å²) in [5.74, 6) is 1.21. The second kappa shape index (κ2) is 5.90. The summed E-state index contributed by atoms with van der Waals surface area (Å²) in [7, 11) is 0. The van der Waals surface area contributed by atoms with Crippen LogP contribution in [0.5, 0.6) is 5.75 Å². The van der Waals surface area contributed by atoms with Crippen LogP contribution in [0.15, 0.2) is 18.2 Å². The maximum atomic E-state index is 9.64. The molecule has 1 atom stereocenters. The topological polar surface area (TPSA) is 29.5 Å². The van der Waals surface area contributed by atoms with Gasteiger partial charge in [0.25, 0.3) is 0 Å². The van der Waals surface area contributed by atoms with Gasteiger partial charge >= 0.3 is 0 Å². The molecule has 0 saturated carbocycles. The fourth-order valence-corrected chi connectivity index (χ4v) is 1.58. The molecule has 0 heterocycles. The molecular formula is C14H22O2. The average Bonchev–Trinajstić information content (AvgIpc) is 2.20. The molecule has 0 fully saturated rings. The van der Waals surface area contributed by atoms with Gasteiger partial charge in [-0.1, -0.05) is 31.5 Å². The minimum absolute atomic E-state index is 0.272. The zero-order chi connectivity index (χ0) is 12.1. The highest BCUT2D eigenvalue weighted by molar-refractivity contribution is 5.35. The van der Waals surface area contributed by atoms with Crippen molar-refractivity contribution in [3.05, 3.63) is 29.3 Å². The maximum Gasteiger partial charge on any atom is 0.122 e. The Morgan fingerprint density at radius 3 is 2.50 bits per heavy atom. The van der Waals surface area contributed by atoms with Crippen LogP contribution in [0, 0.1) is 19.8 Å². The molecule has 0 aliphatic rings. The van der Waals surface area contributed by atoms with Crippen molar-refractivity contribution in [2.75, 3.05) is 6.61 Å². The van der Waals surface area contributed by atoms with Crippen molar-refractivity contribution in [2.24, 2.45) is 5.92 Å². The maximum absolute atomic E-state index is 9.64. The smallest absolute Gasteiger partial charge is 0.122 e. The molecule has 1 aromatic rings. The minimum atomic E-state index is -0.272. The van der Waals surface area contributed by atoms with Gasteiger partial charge in [0.2, 0.25) is 0 Å². The third kappa shape index (κ3) is 3.86. The number of rotatable bonds is 5. The van der Waals surface area contributed by atoms with Crippen molar-refractivity contribution in [2.45, 2.75) is 40.2 Å². The average molecular weight is 222 g/mol. The molecule has 0 aromatic heterocycles. The molecular weight excluding hydrogens is 200 g/mol. The summed E-state index contributed by atoms with van der Waals surface area (Å²) in [6, 6.07) is 6.14. The lowest BCUT2D eigenvalue weighted by atomic mass is 10.1. The first-order valence-corrected chi connectivity index (χ1v) is 5.89. The Morgan fingerprint density at radius 2 is 1.94 bits per heavy atom. The minimum Gasteiger partial charge on any atom is -0.493 e. The predicted octanol–water partition coefficient (Wildman–Crippen LogP) is 3.09. The summed E-state index contributed by atoms with van der Waals surface area (Å²) in [6.45, 7) is 8.72. The van der Waals surface area contributed by atoms with Gasteiger partial charge in [0.1, 0.15) is 5.75 Å². The molecule has 0 radical (unpaired) electrons. The molecule has 1 N–H and O–H groups in total. The van der Waals surface area contributed by atoms with Crippen LogP contribution >= 0.6 is 0 Å².